The van der Waals surface area contributed by atoms with Crippen molar-refractivity contribution in [3.05, 3.63) is 26.7 Å². The molecular formula is C20H24N4O2. The fraction of sp³-hybridized carbons (Fsp3) is 0.750. The Hall–Kier alpha value is -1.85. The number of hydrogen-bond acceptors (Lipinski definition) is 3. The van der Waals surface area contributed by atoms with Crippen LogP contribution in [-0.4, -0.2) is 19.1 Å². The number of imidazole rings is 1. The molecule has 2 aromatic rings. The van der Waals surface area contributed by atoms with E-state index < -0.39 is 0 Å². The average molecular weight is 352 g/mol. The lowest BCUT2D eigenvalue weighted by Gasteiger charge is -2.30. The van der Waals surface area contributed by atoms with Gasteiger partial charge >= 0.3 is 5.69 Å². The van der Waals surface area contributed by atoms with Crippen LogP contribution in [0, 0.1) is 23.7 Å². The Morgan fingerprint density at radius 3 is 2.35 bits per heavy atom. The van der Waals surface area contributed by atoms with Crippen molar-refractivity contribution in [1.29, 1.82) is 0 Å². The smallest absolute Gasteiger partial charge is 0.333 e. The number of fused-ring (bicyclic) bond motifs is 1. The van der Waals surface area contributed by atoms with Crippen molar-refractivity contribution >= 4 is 11.2 Å². The second-order valence-electron chi connectivity index (χ2n) is 9.63. The molecule has 1 N–H and O–H groups in total. The molecule has 2 heterocycles. The van der Waals surface area contributed by atoms with Gasteiger partial charge in [-0.25, -0.2) is 9.78 Å². The van der Waals surface area contributed by atoms with Gasteiger partial charge in [0.1, 0.15) is 11.3 Å². The molecule has 26 heavy (non-hydrogen) atoms. The van der Waals surface area contributed by atoms with Gasteiger partial charge in [-0.05, 0) is 75.0 Å². The lowest BCUT2D eigenvalue weighted by molar-refractivity contribution is 0.244. The number of hydrogen-bond donors (Lipinski definition) is 1. The summed E-state index contributed by atoms with van der Waals surface area (Å²) in [6.45, 7) is 0. The predicted octanol–water partition coefficient (Wildman–Crippen LogP) is 2.71. The molecular weight excluding hydrogens is 328 g/mol. The van der Waals surface area contributed by atoms with Crippen molar-refractivity contribution in [2.45, 2.75) is 69.4 Å². The third kappa shape index (κ3) is 1.71. The molecule has 0 spiro atoms. The summed E-state index contributed by atoms with van der Waals surface area (Å²) >= 11 is 0. The molecule has 0 saturated heterocycles. The minimum atomic E-state index is -0.143. The summed E-state index contributed by atoms with van der Waals surface area (Å²) in [5.74, 6) is 4.74. The van der Waals surface area contributed by atoms with E-state index in [4.69, 9.17) is 4.98 Å². The van der Waals surface area contributed by atoms with E-state index in [1.807, 2.05) is 4.57 Å². The molecule has 0 amide bonds. The molecule has 8 rings (SSSR count). The Kier molecular flexibility index (Phi) is 2.47. The highest BCUT2D eigenvalue weighted by atomic mass is 16.2. The molecule has 136 valence electrons. The first-order chi connectivity index (χ1) is 12.7. The van der Waals surface area contributed by atoms with Crippen LogP contribution in [-0.2, 0) is 0 Å². The monoisotopic (exact) mass is 352 g/mol. The zero-order chi connectivity index (χ0) is 17.2. The van der Waals surface area contributed by atoms with Crippen LogP contribution >= 0.6 is 0 Å². The lowest BCUT2D eigenvalue weighted by atomic mass is 9.75. The second kappa shape index (κ2) is 4.52. The number of rotatable bonds is 3. The number of nitrogens with one attached hydrogen (secondary N) is 1. The molecule has 0 radical (unpaired) electrons. The minimum Gasteiger partial charge on any atom is -0.336 e. The highest BCUT2D eigenvalue weighted by Crippen LogP contribution is 2.63. The zero-order valence-electron chi connectivity index (χ0n) is 14.9. The van der Waals surface area contributed by atoms with Crippen LogP contribution in [0.1, 0.15) is 75.2 Å². The lowest BCUT2D eigenvalue weighted by Crippen LogP contribution is -2.39. The molecule has 6 nitrogen and oxygen atoms in total. The van der Waals surface area contributed by atoms with Gasteiger partial charge in [-0.1, -0.05) is 0 Å². The summed E-state index contributed by atoms with van der Waals surface area (Å²) in [4.78, 5) is 34.4. The van der Waals surface area contributed by atoms with Gasteiger partial charge in [-0.2, -0.15) is 0 Å². The summed E-state index contributed by atoms with van der Waals surface area (Å²) in [6, 6.07) is 0.344. The third-order valence-corrected chi connectivity index (χ3v) is 7.97. The number of nitrogens with zero attached hydrogens (tertiary/aromatic N) is 3. The van der Waals surface area contributed by atoms with E-state index in [1.54, 1.807) is 0 Å². The number of aromatic amines is 1. The summed E-state index contributed by atoms with van der Waals surface area (Å²) in [5, 5.41) is 0. The normalized spacial score (nSPS) is 37.9. The van der Waals surface area contributed by atoms with Crippen molar-refractivity contribution in [3.8, 4) is 0 Å². The minimum absolute atomic E-state index is 0.106. The Morgan fingerprint density at radius 1 is 0.885 bits per heavy atom. The van der Waals surface area contributed by atoms with Crippen molar-refractivity contribution in [2.75, 3.05) is 0 Å². The van der Waals surface area contributed by atoms with E-state index in [0.717, 1.165) is 55.2 Å². The second-order valence-corrected chi connectivity index (χ2v) is 9.63. The maximum absolute atomic E-state index is 13.1. The van der Waals surface area contributed by atoms with Gasteiger partial charge in [0.25, 0.3) is 5.56 Å². The zero-order valence-corrected chi connectivity index (χ0v) is 14.9. The van der Waals surface area contributed by atoms with Gasteiger partial charge in [0, 0.05) is 18.0 Å². The fourth-order valence-corrected chi connectivity index (χ4v) is 6.76. The van der Waals surface area contributed by atoms with Crippen molar-refractivity contribution in [1.82, 2.24) is 19.1 Å². The first-order valence-electron chi connectivity index (χ1n) is 10.5. The quantitative estimate of drug-likeness (QED) is 0.923. The van der Waals surface area contributed by atoms with E-state index in [0.29, 0.717) is 17.1 Å². The van der Waals surface area contributed by atoms with Crippen LogP contribution in [0.5, 0.6) is 0 Å². The van der Waals surface area contributed by atoms with Crippen LogP contribution in [0.3, 0.4) is 0 Å². The van der Waals surface area contributed by atoms with Gasteiger partial charge in [0.05, 0.1) is 0 Å². The topological polar surface area (TPSA) is 72.7 Å². The first-order valence-corrected chi connectivity index (χ1v) is 10.5. The Morgan fingerprint density at radius 2 is 1.62 bits per heavy atom. The number of H-pyrrole nitrogens is 1. The van der Waals surface area contributed by atoms with Crippen molar-refractivity contribution < 1.29 is 0 Å². The Bertz CT molecular complexity index is 1050. The predicted molar refractivity (Wildman–Crippen MR) is 96.3 cm³/mol. The van der Waals surface area contributed by atoms with Crippen molar-refractivity contribution in [3.63, 3.8) is 0 Å². The highest BCUT2D eigenvalue weighted by Gasteiger charge is 2.55. The highest BCUT2D eigenvalue weighted by molar-refractivity contribution is 5.70. The molecule has 4 bridgehead atoms. The van der Waals surface area contributed by atoms with E-state index in [9.17, 15) is 9.59 Å². The number of aromatic nitrogens is 4. The maximum Gasteiger partial charge on any atom is 0.333 e. The van der Waals surface area contributed by atoms with Crippen LogP contribution < -0.4 is 11.2 Å². The maximum atomic E-state index is 13.1. The van der Waals surface area contributed by atoms with Gasteiger partial charge < -0.3 is 4.98 Å². The third-order valence-electron chi connectivity index (χ3n) is 7.97. The van der Waals surface area contributed by atoms with E-state index >= 15 is 0 Å². The van der Waals surface area contributed by atoms with E-state index in [-0.39, 0.29) is 23.3 Å². The molecule has 6 fully saturated rings. The van der Waals surface area contributed by atoms with Crippen LogP contribution in [0.15, 0.2) is 9.59 Å². The van der Waals surface area contributed by atoms with Crippen LogP contribution in [0.4, 0.5) is 0 Å². The SMILES string of the molecule is O=c1c2[nH]c(C3C4CC5CC(C4)C3C5)nc2n(C2CC2)c(=O)n1C1CC1. The molecule has 2 aromatic heterocycles. The van der Waals surface area contributed by atoms with Crippen LogP contribution in [0.2, 0.25) is 0 Å². The molecule has 0 aromatic carbocycles. The molecule has 5 unspecified atom stereocenters. The van der Waals surface area contributed by atoms with Gasteiger partial charge in [-0.15, -0.1) is 0 Å². The summed E-state index contributed by atoms with van der Waals surface area (Å²) in [6.07, 6.45) is 9.35. The Labute approximate surface area is 150 Å². The summed E-state index contributed by atoms with van der Waals surface area (Å²) in [7, 11) is 0. The van der Waals surface area contributed by atoms with Gasteiger partial charge in [-0.3, -0.25) is 13.9 Å². The average Bonchev–Trinajstić information content (AvgIpc) is 3.52. The van der Waals surface area contributed by atoms with E-state index in [1.165, 1.54) is 30.3 Å². The molecule has 0 aliphatic heterocycles. The Balaban J connectivity index is 1.45. The molecule has 5 atom stereocenters. The van der Waals surface area contributed by atoms with Crippen molar-refractivity contribution in [2.24, 2.45) is 23.7 Å². The molecule has 6 heteroatoms. The first kappa shape index (κ1) is 14.2. The van der Waals surface area contributed by atoms with Gasteiger partial charge in [0.15, 0.2) is 5.65 Å². The standard InChI is InChI=1S/C20H24N4O2/c25-19-16-18(23(12-1-2-12)20(26)24(19)13-3-4-13)22-17(21-16)15-11-6-9-5-10(8-11)14(15)7-9/h9-15H,1-8H2,(H,21,22). The largest absolute Gasteiger partial charge is 0.336 e. The van der Waals surface area contributed by atoms with Crippen LogP contribution in [0.25, 0.3) is 11.2 Å². The summed E-state index contributed by atoms with van der Waals surface area (Å²) < 4.78 is 3.34. The molecule has 6 aliphatic rings. The van der Waals surface area contributed by atoms with E-state index in [2.05, 4.69) is 4.98 Å². The van der Waals surface area contributed by atoms with Gasteiger partial charge in [0.2, 0.25) is 0 Å². The molecule has 6 aliphatic carbocycles. The molecule has 6 saturated carbocycles. The fourth-order valence-electron chi connectivity index (χ4n) is 6.76. The summed E-state index contributed by atoms with van der Waals surface area (Å²) in [5.41, 5.74) is 0.942.